The Balaban J connectivity index is 2.05. The monoisotopic (exact) mass is 361 g/mol. The molecule has 26 heavy (non-hydrogen) atoms. The number of hydrogen-bond acceptors (Lipinski definition) is 5. The summed E-state index contributed by atoms with van der Waals surface area (Å²) in [6.07, 6.45) is 0. The van der Waals surface area contributed by atoms with Crippen LogP contribution in [0.3, 0.4) is 0 Å². The van der Waals surface area contributed by atoms with Gasteiger partial charge in [0.1, 0.15) is 0 Å². The zero-order valence-electron chi connectivity index (χ0n) is 15.4. The third-order valence-corrected chi connectivity index (χ3v) is 4.74. The maximum atomic E-state index is 13.0. The lowest BCUT2D eigenvalue weighted by atomic mass is 9.94. The van der Waals surface area contributed by atoms with Crippen LogP contribution in [0.4, 0.5) is 4.79 Å². The van der Waals surface area contributed by atoms with Gasteiger partial charge in [-0.2, -0.15) is 0 Å². The summed E-state index contributed by atoms with van der Waals surface area (Å²) in [6.45, 7) is 1.28. The van der Waals surface area contributed by atoms with Crippen LogP contribution < -0.4 is 14.8 Å². The highest BCUT2D eigenvalue weighted by Crippen LogP contribution is 2.42. The lowest BCUT2D eigenvalue weighted by Gasteiger charge is -2.31. The van der Waals surface area contributed by atoms with Crippen molar-refractivity contribution in [3.8, 4) is 11.5 Å². The second-order valence-electron chi connectivity index (χ2n) is 6.10. The maximum absolute atomic E-state index is 13.0. The van der Waals surface area contributed by atoms with E-state index < -0.39 is 6.04 Å². The zero-order valence-corrected chi connectivity index (χ0v) is 15.4. The number of urea groups is 1. The van der Waals surface area contributed by atoms with Crippen LogP contribution in [0.1, 0.15) is 11.6 Å². The predicted octanol–water partition coefficient (Wildman–Crippen LogP) is 1.14. The van der Waals surface area contributed by atoms with Crippen LogP contribution in [-0.2, 0) is 9.53 Å². The van der Waals surface area contributed by atoms with Gasteiger partial charge in [0.15, 0.2) is 11.5 Å². The summed E-state index contributed by atoms with van der Waals surface area (Å²) >= 11 is 0. The Hall–Kier alpha value is -2.74. The van der Waals surface area contributed by atoms with Gasteiger partial charge in [-0.3, -0.25) is 9.69 Å². The molecule has 2 aliphatic heterocycles. The Labute approximate surface area is 152 Å². The molecule has 0 unspecified atom stereocenters. The molecule has 0 saturated carbocycles. The summed E-state index contributed by atoms with van der Waals surface area (Å²) < 4.78 is 15.9. The van der Waals surface area contributed by atoms with Crippen LogP contribution in [0.25, 0.3) is 0 Å². The first-order valence-corrected chi connectivity index (χ1v) is 8.29. The number of nitrogens with zero attached hydrogens (tertiary/aromatic N) is 2. The van der Waals surface area contributed by atoms with E-state index in [1.807, 2.05) is 12.1 Å². The molecule has 8 nitrogen and oxygen atoms in total. The molecule has 0 fully saturated rings. The van der Waals surface area contributed by atoms with Crippen LogP contribution in [0, 0.1) is 0 Å². The van der Waals surface area contributed by atoms with Crippen molar-refractivity contribution < 1.29 is 23.8 Å². The topological polar surface area (TPSA) is 80.3 Å². The van der Waals surface area contributed by atoms with Crippen molar-refractivity contribution in [1.29, 1.82) is 0 Å². The largest absolute Gasteiger partial charge is 0.493 e. The number of carbonyl (C=O) groups excluding carboxylic acids is 2. The molecule has 140 valence electrons. The molecular weight excluding hydrogens is 338 g/mol. The van der Waals surface area contributed by atoms with Crippen molar-refractivity contribution >= 4 is 11.9 Å². The van der Waals surface area contributed by atoms with E-state index in [1.165, 1.54) is 12.0 Å². The van der Waals surface area contributed by atoms with Gasteiger partial charge >= 0.3 is 6.03 Å². The maximum Gasteiger partial charge on any atom is 0.322 e. The van der Waals surface area contributed by atoms with Gasteiger partial charge in [-0.05, 0) is 6.07 Å². The quantitative estimate of drug-likeness (QED) is 0.822. The predicted molar refractivity (Wildman–Crippen MR) is 94.1 cm³/mol. The SMILES string of the molecule is COCCN1CC2=C(C1=O)[C@H](c1cccc(OC)c1OC)NC(=O)N2C. The molecule has 2 heterocycles. The highest BCUT2D eigenvalue weighted by molar-refractivity contribution is 6.01. The van der Waals surface area contributed by atoms with Gasteiger partial charge in [-0.25, -0.2) is 4.79 Å². The number of para-hydroxylation sites is 1. The molecule has 1 N–H and O–H groups in total. The lowest BCUT2D eigenvalue weighted by molar-refractivity contribution is -0.126. The molecule has 0 aliphatic carbocycles. The van der Waals surface area contributed by atoms with Crippen LogP contribution in [0.2, 0.25) is 0 Å². The fourth-order valence-corrected chi connectivity index (χ4v) is 3.38. The first kappa shape index (κ1) is 18.1. The molecule has 1 aromatic rings. The molecule has 0 bridgehead atoms. The summed E-state index contributed by atoms with van der Waals surface area (Å²) in [5, 5.41) is 2.90. The smallest absolute Gasteiger partial charge is 0.322 e. The van der Waals surface area contributed by atoms with Gasteiger partial charge in [0.25, 0.3) is 5.91 Å². The van der Waals surface area contributed by atoms with Crippen LogP contribution in [-0.4, -0.2) is 69.8 Å². The van der Waals surface area contributed by atoms with Crippen LogP contribution >= 0.6 is 0 Å². The molecule has 0 spiro atoms. The number of hydrogen-bond donors (Lipinski definition) is 1. The van der Waals surface area contributed by atoms with Crippen molar-refractivity contribution in [3.63, 3.8) is 0 Å². The minimum absolute atomic E-state index is 0.112. The highest BCUT2D eigenvalue weighted by Gasteiger charge is 2.43. The molecule has 3 rings (SSSR count). The molecule has 2 aliphatic rings. The lowest BCUT2D eigenvalue weighted by Crippen LogP contribution is -2.45. The Morgan fingerprint density at radius 1 is 1.19 bits per heavy atom. The van der Waals surface area contributed by atoms with E-state index in [9.17, 15) is 9.59 Å². The number of amides is 3. The van der Waals surface area contributed by atoms with E-state index in [4.69, 9.17) is 14.2 Å². The molecule has 0 aromatic heterocycles. The van der Waals surface area contributed by atoms with E-state index in [1.54, 1.807) is 32.2 Å². The highest BCUT2D eigenvalue weighted by atomic mass is 16.5. The molecule has 0 radical (unpaired) electrons. The van der Waals surface area contributed by atoms with Crippen molar-refractivity contribution in [3.05, 3.63) is 35.0 Å². The van der Waals surface area contributed by atoms with Crippen molar-refractivity contribution in [1.82, 2.24) is 15.1 Å². The third kappa shape index (κ3) is 2.86. The zero-order chi connectivity index (χ0) is 18.8. The van der Waals surface area contributed by atoms with Crippen LogP contribution in [0.15, 0.2) is 29.5 Å². The Morgan fingerprint density at radius 2 is 1.96 bits per heavy atom. The van der Waals surface area contributed by atoms with E-state index in [0.29, 0.717) is 48.0 Å². The molecule has 8 heteroatoms. The first-order valence-electron chi connectivity index (χ1n) is 8.29. The minimum atomic E-state index is -0.598. The van der Waals surface area contributed by atoms with E-state index >= 15 is 0 Å². The van der Waals surface area contributed by atoms with Gasteiger partial charge in [-0.15, -0.1) is 0 Å². The van der Waals surface area contributed by atoms with Crippen molar-refractivity contribution in [2.45, 2.75) is 6.04 Å². The third-order valence-electron chi connectivity index (χ3n) is 4.74. The average molecular weight is 361 g/mol. The number of rotatable bonds is 6. The van der Waals surface area contributed by atoms with Gasteiger partial charge < -0.3 is 24.4 Å². The van der Waals surface area contributed by atoms with Gasteiger partial charge in [-0.1, -0.05) is 12.1 Å². The summed E-state index contributed by atoms with van der Waals surface area (Å²) in [6, 6.07) is 4.55. The first-order chi connectivity index (χ1) is 12.5. The number of nitrogens with one attached hydrogen (secondary N) is 1. The van der Waals surface area contributed by atoms with Gasteiger partial charge in [0.05, 0.1) is 44.7 Å². The number of likely N-dealkylation sites (N-methyl/N-ethyl adjacent to an activating group) is 1. The van der Waals surface area contributed by atoms with E-state index in [2.05, 4.69) is 5.32 Å². The van der Waals surface area contributed by atoms with Gasteiger partial charge in [0, 0.05) is 26.3 Å². The summed E-state index contributed by atoms with van der Waals surface area (Å²) in [5.74, 6) is 0.931. The summed E-state index contributed by atoms with van der Waals surface area (Å²) in [4.78, 5) is 28.6. The van der Waals surface area contributed by atoms with E-state index in [-0.39, 0.29) is 11.9 Å². The molecule has 1 atom stereocenters. The van der Waals surface area contributed by atoms with E-state index in [0.717, 1.165) is 0 Å². The fourth-order valence-electron chi connectivity index (χ4n) is 3.38. The Bertz CT molecular complexity index is 761. The van der Waals surface area contributed by atoms with Crippen molar-refractivity contribution in [2.24, 2.45) is 0 Å². The Morgan fingerprint density at radius 3 is 2.62 bits per heavy atom. The molecular formula is C18H23N3O5. The number of carbonyl (C=O) groups is 2. The minimum Gasteiger partial charge on any atom is -0.493 e. The number of benzene rings is 1. The standard InChI is InChI=1S/C18H23N3O5/c1-20-12-10-21(8-9-24-2)17(22)14(12)15(19-18(20)23)11-6-5-7-13(25-3)16(11)26-4/h5-7,15H,8-10H2,1-4H3,(H,19,23)/t15-/m0/s1. The fraction of sp³-hybridized carbons (Fsp3) is 0.444. The number of ether oxygens (including phenoxy) is 3. The normalized spacial score (nSPS) is 19.6. The van der Waals surface area contributed by atoms with Crippen molar-refractivity contribution in [2.75, 3.05) is 48.1 Å². The Kier molecular flexibility index (Phi) is 5.03. The molecule has 3 amide bonds. The second kappa shape index (κ2) is 7.25. The van der Waals surface area contributed by atoms with Crippen LogP contribution in [0.5, 0.6) is 11.5 Å². The van der Waals surface area contributed by atoms with Gasteiger partial charge in [0.2, 0.25) is 0 Å². The second-order valence-corrected chi connectivity index (χ2v) is 6.10. The average Bonchev–Trinajstić information content (AvgIpc) is 2.99. The molecule has 1 aromatic carbocycles. The number of methoxy groups -OCH3 is 3. The summed E-state index contributed by atoms with van der Waals surface area (Å²) in [7, 11) is 6.34. The summed E-state index contributed by atoms with van der Waals surface area (Å²) in [5.41, 5.74) is 1.93. The molecule has 0 saturated heterocycles.